The van der Waals surface area contributed by atoms with E-state index >= 15 is 0 Å². The van der Waals surface area contributed by atoms with Gasteiger partial charge in [-0.05, 0) is 56.5 Å². The summed E-state index contributed by atoms with van der Waals surface area (Å²) in [6.45, 7) is 8.91. The molecule has 0 amide bonds. The van der Waals surface area contributed by atoms with Crippen LogP contribution < -0.4 is 15.4 Å². The largest absolute Gasteiger partial charge is 0.475 e. The Labute approximate surface area is 174 Å². The molecule has 0 spiro atoms. The van der Waals surface area contributed by atoms with E-state index in [4.69, 9.17) is 4.74 Å². The predicted octanol–water partition coefficient (Wildman–Crippen LogP) is 3.33. The number of nitrogens with one attached hydrogen (secondary N) is 2. The molecule has 1 fully saturated rings. The van der Waals surface area contributed by atoms with E-state index in [1.807, 2.05) is 32.2 Å². The Bertz CT molecular complexity index is 765. The van der Waals surface area contributed by atoms with Gasteiger partial charge >= 0.3 is 0 Å². The number of nitrogens with zero attached hydrogens (tertiary/aromatic N) is 3. The molecule has 0 saturated carbocycles. The average molecular weight is 396 g/mol. The first-order chi connectivity index (χ1) is 14.1. The lowest BCUT2D eigenvalue weighted by molar-refractivity contribution is 0.232. The molecule has 0 aliphatic carbocycles. The second-order valence-corrected chi connectivity index (χ2v) is 7.75. The van der Waals surface area contributed by atoms with Crippen LogP contribution in [0.25, 0.3) is 0 Å². The molecule has 2 N–H and O–H groups in total. The van der Waals surface area contributed by atoms with Gasteiger partial charge in [0, 0.05) is 38.9 Å². The van der Waals surface area contributed by atoms with Gasteiger partial charge in [-0.2, -0.15) is 0 Å². The lowest BCUT2D eigenvalue weighted by atomic mass is 10.1. The minimum atomic E-state index is 0.129. The molecule has 0 bridgehead atoms. The number of pyridine rings is 1. The van der Waals surface area contributed by atoms with Crippen LogP contribution in [-0.4, -0.2) is 42.1 Å². The highest BCUT2D eigenvalue weighted by Crippen LogP contribution is 2.13. The first kappa shape index (κ1) is 21.1. The molecular weight excluding hydrogens is 362 g/mol. The van der Waals surface area contributed by atoms with Crippen molar-refractivity contribution in [3.05, 3.63) is 59.3 Å². The van der Waals surface area contributed by atoms with Crippen molar-refractivity contribution < 1.29 is 4.74 Å². The van der Waals surface area contributed by atoms with Crippen LogP contribution in [0.3, 0.4) is 0 Å². The summed E-state index contributed by atoms with van der Waals surface area (Å²) < 4.78 is 5.58. The zero-order valence-corrected chi connectivity index (χ0v) is 17.8. The van der Waals surface area contributed by atoms with Crippen LogP contribution in [0.5, 0.6) is 5.88 Å². The molecular formula is C23H33N5O. The minimum Gasteiger partial charge on any atom is -0.475 e. The Kier molecular flexibility index (Phi) is 7.87. The van der Waals surface area contributed by atoms with E-state index in [0.717, 1.165) is 24.6 Å². The molecule has 1 aliphatic heterocycles. The zero-order chi connectivity index (χ0) is 20.5. The summed E-state index contributed by atoms with van der Waals surface area (Å²) in [7, 11) is 1.78. The van der Waals surface area contributed by atoms with Crippen LogP contribution in [0, 0.1) is 0 Å². The van der Waals surface area contributed by atoms with Crippen LogP contribution in [0.4, 0.5) is 0 Å². The number of likely N-dealkylation sites (tertiary alicyclic amines) is 1. The number of hydrogen-bond acceptors (Lipinski definition) is 4. The Morgan fingerprint density at radius 1 is 1.00 bits per heavy atom. The summed E-state index contributed by atoms with van der Waals surface area (Å²) >= 11 is 0. The molecule has 156 valence electrons. The van der Waals surface area contributed by atoms with Gasteiger partial charge < -0.3 is 15.4 Å². The van der Waals surface area contributed by atoms with Gasteiger partial charge in [0.15, 0.2) is 5.96 Å². The fourth-order valence-corrected chi connectivity index (χ4v) is 3.38. The maximum Gasteiger partial charge on any atom is 0.213 e. The first-order valence-electron chi connectivity index (χ1n) is 10.5. The fraction of sp³-hybridized carbons (Fsp3) is 0.478. The van der Waals surface area contributed by atoms with E-state index in [9.17, 15) is 0 Å². The molecule has 1 aromatic heterocycles. The van der Waals surface area contributed by atoms with Gasteiger partial charge in [-0.25, -0.2) is 4.98 Å². The van der Waals surface area contributed by atoms with Gasteiger partial charge in [-0.3, -0.25) is 9.89 Å². The number of aromatic nitrogens is 1. The van der Waals surface area contributed by atoms with Crippen molar-refractivity contribution in [2.75, 3.05) is 20.1 Å². The second kappa shape index (κ2) is 10.8. The SMILES string of the molecule is CN=C(NCc1ccc(CN2CCCC2)cc1)NCc1ccc(OC(C)C)nc1. The van der Waals surface area contributed by atoms with Crippen LogP contribution in [0.15, 0.2) is 47.6 Å². The van der Waals surface area contributed by atoms with Gasteiger partial charge in [-0.15, -0.1) is 0 Å². The van der Waals surface area contributed by atoms with Crippen molar-refractivity contribution in [3.8, 4) is 5.88 Å². The molecule has 1 aliphatic rings. The third-order valence-corrected chi connectivity index (χ3v) is 4.93. The van der Waals surface area contributed by atoms with Gasteiger partial charge in [0.05, 0.1) is 6.10 Å². The van der Waals surface area contributed by atoms with E-state index in [0.29, 0.717) is 12.4 Å². The van der Waals surface area contributed by atoms with Gasteiger partial charge in [-0.1, -0.05) is 30.3 Å². The van der Waals surface area contributed by atoms with Crippen molar-refractivity contribution in [3.63, 3.8) is 0 Å². The molecule has 2 aromatic rings. The Morgan fingerprint density at radius 2 is 1.62 bits per heavy atom. The Hall–Kier alpha value is -2.60. The summed E-state index contributed by atoms with van der Waals surface area (Å²) in [5.41, 5.74) is 3.71. The van der Waals surface area contributed by atoms with Crippen LogP contribution in [-0.2, 0) is 19.6 Å². The van der Waals surface area contributed by atoms with E-state index in [1.165, 1.54) is 37.1 Å². The number of ether oxygens (including phenoxy) is 1. The Balaban J connectivity index is 1.42. The summed E-state index contributed by atoms with van der Waals surface area (Å²) in [6.07, 6.45) is 4.63. The molecule has 2 heterocycles. The molecule has 6 heteroatoms. The second-order valence-electron chi connectivity index (χ2n) is 7.75. The van der Waals surface area contributed by atoms with Crippen LogP contribution in [0.1, 0.15) is 43.4 Å². The molecule has 0 unspecified atom stereocenters. The quantitative estimate of drug-likeness (QED) is 0.530. The summed E-state index contributed by atoms with van der Waals surface area (Å²) in [6, 6.07) is 12.8. The smallest absolute Gasteiger partial charge is 0.213 e. The number of hydrogen-bond donors (Lipinski definition) is 2. The van der Waals surface area contributed by atoms with E-state index in [2.05, 4.69) is 49.8 Å². The van der Waals surface area contributed by atoms with E-state index in [1.54, 1.807) is 7.05 Å². The van der Waals surface area contributed by atoms with Crippen LogP contribution >= 0.6 is 0 Å². The van der Waals surface area contributed by atoms with Gasteiger partial charge in [0.1, 0.15) is 0 Å². The van der Waals surface area contributed by atoms with Crippen molar-refractivity contribution in [1.82, 2.24) is 20.5 Å². The summed E-state index contributed by atoms with van der Waals surface area (Å²) in [5, 5.41) is 6.70. The number of rotatable bonds is 8. The maximum absolute atomic E-state index is 5.58. The highest BCUT2D eigenvalue weighted by molar-refractivity contribution is 5.79. The third-order valence-electron chi connectivity index (χ3n) is 4.93. The van der Waals surface area contributed by atoms with Crippen molar-refractivity contribution in [2.24, 2.45) is 4.99 Å². The monoisotopic (exact) mass is 395 g/mol. The van der Waals surface area contributed by atoms with Crippen molar-refractivity contribution >= 4 is 5.96 Å². The minimum absolute atomic E-state index is 0.129. The average Bonchev–Trinajstić information content (AvgIpc) is 3.23. The fourth-order valence-electron chi connectivity index (χ4n) is 3.38. The number of aliphatic imine (C=N–C) groups is 1. The molecule has 0 atom stereocenters. The highest BCUT2D eigenvalue weighted by Gasteiger charge is 2.11. The molecule has 1 aromatic carbocycles. The van der Waals surface area contributed by atoms with Crippen molar-refractivity contribution in [1.29, 1.82) is 0 Å². The summed E-state index contributed by atoms with van der Waals surface area (Å²) in [5.74, 6) is 1.42. The zero-order valence-electron chi connectivity index (χ0n) is 17.8. The number of benzene rings is 1. The third kappa shape index (κ3) is 7.06. The van der Waals surface area contributed by atoms with E-state index in [-0.39, 0.29) is 6.10 Å². The van der Waals surface area contributed by atoms with Crippen molar-refractivity contribution in [2.45, 2.75) is 52.4 Å². The highest BCUT2D eigenvalue weighted by atomic mass is 16.5. The predicted molar refractivity (Wildman–Crippen MR) is 118 cm³/mol. The standard InChI is InChI=1S/C23H33N5O/c1-18(2)29-22-11-10-21(15-25-22)16-27-23(24-3)26-14-19-6-8-20(9-7-19)17-28-12-4-5-13-28/h6-11,15,18H,4-5,12-14,16-17H2,1-3H3,(H2,24,26,27). The lowest BCUT2D eigenvalue weighted by Crippen LogP contribution is -2.36. The molecule has 3 rings (SSSR count). The molecule has 29 heavy (non-hydrogen) atoms. The molecule has 1 saturated heterocycles. The van der Waals surface area contributed by atoms with Crippen LogP contribution in [0.2, 0.25) is 0 Å². The topological polar surface area (TPSA) is 61.8 Å². The lowest BCUT2D eigenvalue weighted by Gasteiger charge is -2.15. The van der Waals surface area contributed by atoms with E-state index < -0.39 is 0 Å². The van der Waals surface area contributed by atoms with Gasteiger partial charge in [0.25, 0.3) is 0 Å². The Morgan fingerprint density at radius 3 is 2.21 bits per heavy atom. The normalized spacial score (nSPS) is 15.0. The summed E-state index contributed by atoms with van der Waals surface area (Å²) in [4.78, 5) is 11.2. The first-order valence-corrected chi connectivity index (χ1v) is 10.5. The molecule has 6 nitrogen and oxygen atoms in total. The number of guanidine groups is 1. The van der Waals surface area contributed by atoms with Gasteiger partial charge in [0.2, 0.25) is 5.88 Å². The molecule has 0 radical (unpaired) electrons. The maximum atomic E-state index is 5.58.